The number of hydrogen-bond donors (Lipinski definition) is 1. The number of non-ortho nitro benzene ring substituents is 1. The summed E-state index contributed by atoms with van der Waals surface area (Å²) in [6.45, 7) is 7.00. The van der Waals surface area contributed by atoms with Crippen molar-refractivity contribution in [2.75, 3.05) is 10.2 Å². The summed E-state index contributed by atoms with van der Waals surface area (Å²) in [5.41, 5.74) is 1.42. The maximum absolute atomic E-state index is 13.1. The molecular weight excluding hydrogens is 410 g/mol. The van der Waals surface area contributed by atoms with E-state index in [1.165, 1.54) is 23.1 Å². The second-order valence-electron chi connectivity index (χ2n) is 7.48. The highest BCUT2D eigenvalue weighted by molar-refractivity contribution is 6.31. The minimum Gasteiger partial charge on any atom is -0.478 e. The molecule has 0 saturated carbocycles. The number of halogens is 1. The summed E-state index contributed by atoms with van der Waals surface area (Å²) in [5.74, 6) is -0.793. The fourth-order valence-electron chi connectivity index (χ4n) is 3.27. The Bertz CT molecular complexity index is 1020. The van der Waals surface area contributed by atoms with Crippen LogP contribution in [0.5, 0.6) is 5.75 Å². The highest BCUT2D eigenvalue weighted by Crippen LogP contribution is 2.39. The minimum atomic E-state index is -0.888. The van der Waals surface area contributed by atoms with Crippen LogP contribution in [-0.2, 0) is 9.59 Å². The minimum absolute atomic E-state index is 0.155. The quantitative estimate of drug-likeness (QED) is 0.560. The molecule has 3 rings (SSSR count). The van der Waals surface area contributed by atoms with Crippen LogP contribution in [0.2, 0.25) is 5.02 Å². The molecule has 0 aromatic heterocycles. The topological polar surface area (TPSA) is 102 Å². The Morgan fingerprint density at radius 3 is 2.60 bits per heavy atom. The van der Waals surface area contributed by atoms with Gasteiger partial charge in [0.25, 0.3) is 11.6 Å². The molecule has 9 heteroatoms. The summed E-state index contributed by atoms with van der Waals surface area (Å²) >= 11 is 6.12. The van der Waals surface area contributed by atoms with Gasteiger partial charge in [-0.25, -0.2) is 0 Å². The van der Waals surface area contributed by atoms with Crippen molar-refractivity contribution in [2.45, 2.75) is 39.8 Å². The third-order valence-electron chi connectivity index (χ3n) is 5.05. The molecule has 2 atom stereocenters. The molecule has 0 aliphatic carbocycles. The van der Waals surface area contributed by atoms with Gasteiger partial charge in [0.05, 0.1) is 16.7 Å². The molecule has 158 valence electrons. The van der Waals surface area contributed by atoms with Gasteiger partial charge >= 0.3 is 0 Å². The van der Waals surface area contributed by atoms with Crippen LogP contribution in [-0.4, -0.2) is 28.9 Å². The largest absolute Gasteiger partial charge is 0.478 e. The molecule has 0 radical (unpaired) electrons. The number of nitro benzene ring substituents is 1. The van der Waals surface area contributed by atoms with Crippen LogP contribution in [0.25, 0.3) is 0 Å². The summed E-state index contributed by atoms with van der Waals surface area (Å²) in [4.78, 5) is 38.1. The van der Waals surface area contributed by atoms with Gasteiger partial charge in [0, 0.05) is 16.8 Å². The van der Waals surface area contributed by atoms with E-state index in [9.17, 15) is 19.7 Å². The van der Waals surface area contributed by atoms with Crippen LogP contribution < -0.4 is 15.0 Å². The highest BCUT2D eigenvalue weighted by atomic mass is 35.5. The first kappa shape index (κ1) is 21.6. The Labute approximate surface area is 178 Å². The molecule has 1 N–H and O–H groups in total. The number of nitro groups is 1. The van der Waals surface area contributed by atoms with Crippen LogP contribution in [0.3, 0.4) is 0 Å². The van der Waals surface area contributed by atoms with E-state index in [4.69, 9.17) is 16.3 Å². The Morgan fingerprint density at radius 1 is 1.27 bits per heavy atom. The lowest BCUT2D eigenvalue weighted by atomic mass is 10.0. The predicted octanol–water partition coefficient (Wildman–Crippen LogP) is 4.33. The van der Waals surface area contributed by atoms with Crippen LogP contribution in [0.4, 0.5) is 17.1 Å². The lowest BCUT2D eigenvalue weighted by molar-refractivity contribution is -0.384. The maximum atomic E-state index is 13.1. The van der Waals surface area contributed by atoms with Crippen molar-refractivity contribution in [2.24, 2.45) is 5.92 Å². The molecule has 1 aliphatic rings. The number of benzene rings is 2. The zero-order valence-electron chi connectivity index (χ0n) is 17.0. The summed E-state index contributed by atoms with van der Waals surface area (Å²) < 4.78 is 5.76. The van der Waals surface area contributed by atoms with Gasteiger partial charge in [-0.3, -0.25) is 24.6 Å². The van der Waals surface area contributed by atoms with Crippen LogP contribution in [0.15, 0.2) is 36.4 Å². The van der Waals surface area contributed by atoms with Gasteiger partial charge < -0.3 is 10.1 Å². The third-order valence-corrected chi connectivity index (χ3v) is 5.46. The first-order chi connectivity index (χ1) is 14.1. The maximum Gasteiger partial charge on any atom is 0.273 e. The smallest absolute Gasteiger partial charge is 0.273 e. The highest BCUT2D eigenvalue weighted by Gasteiger charge is 2.41. The molecule has 1 heterocycles. The molecule has 2 aromatic rings. The molecule has 2 aromatic carbocycles. The van der Waals surface area contributed by atoms with E-state index in [1.807, 2.05) is 13.8 Å². The summed E-state index contributed by atoms with van der Waals surface area (Å²) in [7, 11) is 0. The average molecular weight is 432 g/mol. The lowest BCUT2D eigenvalue weighted by Crippen LogP contribution is -2.55. The van der Waals surface area contributed by atoms with E-state index in [-0.39, 0.29) is 23.3 Å². The zero-order chi connectivity index (χ0) is 22.2. The van der Waals surface area contributed by atoms with E-state index in [2.05, 4.69) is 5.32 Å². The van der Waals surface area contributed by atoms with Gasteiger partial charge in [-0.2, -0.15) is 0 Å². The number of hydrogen-bond acceptors (Lipinski definition) is 5. The Morgan fingerprint density at radius 2 is 1.97 bits per heavy atom. The van der Waals surface area contributed by atoms with Gasteiger partial charge in [-0.15, -0.1) is 0 Å². The monoisotopic (exact) mass is 431 g/mol. The second-order valence-corrected chi connectivity index (χ2v) is 7.88. The molecule has 0 spiro atoms. The fourth-order valence-corrected chi connectivity index (χ4v) is 3.45. The van der Waals surface area contributed by atoms with Gasteiger partial charge in [-0.1, -0.05) is 31.5 Å². The van der Waals surface area contributed by atoms with Crippen molar-refractivity contribution in [1.82, 2.24) is 0 Å². The normalized spacial score (nSPS) is 16.7. The molecular formula is C21H22ClN3O5. The number of carbonyl (C=O) groups is 2. The Hall–Kier alpha value is -3.13. The molecule has 0 fully saturated rings. The van der Waals surface area contributed by atoms with E-state index in [1.54, 1.807) is 32.0 Å². The first-order valence-corrected chi connectivity index (χ1v) is 9.83. The number of rotatable bonds is 5. The molecule has 2 amide bonds. The number of nitrogens with zero attached hydrogens (tertiary/aromatic N) is 2. The van der Waals surface area contributed by atoms with E-state index in [0.29, 0.717) is 22.0 Å². The van der Waals surface area contributed by atoms with Crippen molar-refractivity contribution in [3.05, 3.63) is 57.1 Å². The number of ether oxygens (including phenoxy) is 1. The first-order valence-electron chi connectivity index (χ1n) is 9.46. The summed E-state index contributed by atoms with van der Waals surface area (Å²) in [5, 5.41) is 14.5. The molecule has 30 heavy (non-hydrogen) atoms. The Kier molecular flexibility index (Phi) is 5.98. The molecule has 1 aliphatic heterocycles. The van der Waals surface area contributed by atoms with Gasteiger partial charge in [0.1, 0.15) is 6.04 Å². The predicted molar refractivity (Wildman–Crippen MR) is 114 cm³/mol. The van der Waals surface area contributed by atoms with Gasteiger partial charge in [0.2, 0.25) is 5.91 Å². The van der Waals surface area contributed by atoms with Crippen molar-refractivity contribution in [3.8, 4) is 5.75 Å². The lowest BCUT2D eigenvalue weighted by Gasteiger charge is -2.38. The number of nitrogens with one attached hydrogen (secondary N) is 1. The molecule has 8 nitrogen and oxygen atoms in total. The van der Waals surface area contributed by atoms with E-state index in [0.717, 1.165) is 0 Å². The number of fused-ring (bicyclic) bond motifs is 1. The molecule has 0 saturated heterocycles. The number of anilines is 2. The second kappa shape index (κ2) is 8.31. The average Bonchev–Trinajstić information content (AvgIpc) is 2.69. The Balaban J connectivity index is 1.98. The molecule has 0 bridgehead atoms. The van der Waals surface area contributed by atoms with Crippen molar-refractivity contribution < 1.29 is 19.2 Å². The zero-order valence-corrected chi connectivity index (χ0v) is 17.8. The van der Waals surface area contributed by atoms with E-state index < -0.39 is 23.0 Å². The van der Waals surface area contributed by atoms with Crippen molar-refractivity contribution >= 4 is 40.5 Å². The van der Waals surface area contributed by atoms with E-state index >= 15 is 0 Å². The number of amides is 2. The van der Waals surface area contributed by atoms with Gasteiger partial charge in [-0.05, 0) is 43.5 Å². The molecule has 2 unspecified atom stereocenters. The fraction of sp³-hybridized carbons (Fsp3) is 0.333. The van der Waals surface area contributed by atoms with Crippen LogP contribution in [0.1, 0.15) is 26.3 Å². The van der Waals surface area contributed by atoms with Gasteiger partial charge in [0.15, 0.2) is 11.9 Å². The summed E-state index contributed by atoms with van der Waals surface area (Å²) in [6, 6.07) is 8.26. The van der Waals surface area contributed by atoms with Crippen LogP contribution in [0, 0.1) is 23.0 Å². The van der Waals surface area contributed by atoms with Crippen molar-refractivity contribution in [3.63, 3.8) is 0 Å². The number of carbonyl (C=O) groups excluding carboxylic acids is 2. The van der Waals surface area contributed by atoms with Crippen molar-refractivity contribution in [1.29, 1.82) is 0 Å². The SMILES string of the molecule is Cc1c(Cl)cccc1NC(=O)C(C)N1C(=O)C(C(C)C)Oc2cc([N+](=O)[O-])ccc21. The standard InChI is InChI=1S/C21H22ClN3O5/c1-11(2)19-21(27)24(17-9-8-14(25(28)29)10-18(17)30-19)13(4)20(26)23-16-7-5-6-15(22)12(16)3/h5-11,13,19H,1-4H3,(H,23,26). The third kappa shape index (κ3) is 3.95. The summed E-state index contributed by atoms with van der Waals surface area (Å²) in [6.07, 6.45) is -0.859. The van der Waals surface area contributed by atoms with Crippen LogP contribution >= 0.6 is 11.6 Å².